The van der Waals surface area contributed by atoms with Crippen LogP contribution in [0, 0.1) is 0 Å². The van der Waals surface area contributed by atoms with E-state index >= 15 is 0 Å². The zero-order chi connectivity index (χ0) is 10.1. The number of rotatable bonds is 1. The van der Waals surface area contributed by atoms with Gasteiger partial charge in [-0.2, -0.15) is 5.10 Å². The summed E-state index contributed by atoms with van der Waals surface area (Å²) in [5, 5.41) is 8.05. The van der Waals surface area contributed by atoms with E-state index in [1.54, 1.807) is 0 Å². The molecule has 0 bridgehead atoms. The quantitative estimate of drug-likeness (QED) is 0.760. The van der Waals surface area contributed by atoms with Gasteiger partial charge in [-0.1, -0.05) is 0 Å². The smallest absolute Gasteiger partial charge is 0.0952 e. The number of nitrogens with zero attached hydrogens (tertiary/aromatic N) is 3. The Morgan fingerprint density at radius 3 is 3.20 bits per heavy atom. The van der Waals surface area contributed by atoms with Crippen LogP contribution in [0.25, 0.3) is 10.9 Å². The van der Waals surface area contributed by atoms with Crippen LogP contribution in [-0.2, 0) is 0 Å². The Balaban J connectivity index is 2.03. The third-order valence-electron chi connectivity index (χ3n) is 2.46. The van der Waals surface area contributed by atoms with Crippen LogP contribution in [0.2, 0.25) is 0 Å². The first-order valence-electron chi connectivity index (χ1n) is 4.81. The van der Waals surface area contributed by atoms with Crippen molar-refractivity contribution in [2.75, 3.05) is 11.4 Å². The van der Waals surface area contributed by atoms with Crippen LogP contribution >= 0.6 is 0 Å². The van der Waals surface area contributed by atoms with E-state index in [0.717, 1.165) is 23.1 Å². The summed E-state index contributed by atoms with van der Waals surface area (Å²) in [6, 6.07) is 6.19. The Morgan fingerprint density at radius 1 is 1.33 bits per heavy atom. The molecule has 0 radical (unpaired) electrons. The first-order chi connectivity index (χ1) is 7.43. The molecule has 74 valence electrons. The Bertz CT molecular complexity index is 538. The fourth-order valence-electron chi connectivity index (χ4n) is 1.67. The maximum Gasteiger partial charge on any atom is 0.0952 e. The van der Waals surface area contributed by atoms with Crippen LogP contribution in [-0.4, -0.2) is 23.1 Å². The molecule has 1 aliphatic rings. The number of aromatic nitrogens is 2. The highest BCUT2D eigenvalue weighted by Gasteiger charge is 2.05. The topological polar surface area (TPSA) is 44.3 Å². The minimum atomic E-state index is 0.868. The summed E-state index contributed by atoms with van der Waals surface area (Å²) in [5.41, 5.74) is 2.19. The number of H-pyrrole nitrogens is 1. The third kappa shape index (κ3) is 1.40. The number of nitrogens with one attached hydrogen (secondary N) is 1. The van der Waals surface area contributed by atoms with E-state index in [-0.39, 0.29) is 0 Å². The zero-order valence-corrected chi connectivity index (χ0v) is 8.09. The van der Waals surface area contributed by atoms with Gasteiger partial charge >= 0.3 is 0 Å². The van der Waals surface area contributed by atoms with Crippen molar-refractivity contribution in [1.29, 1.82) is 0 Å². The van der Waals surface area contributed by atoms with E-state index in [1.165, 1.54) is 0 Å². The standard InChI is InChI=1S/C11H10N4/c1-4-12-8-15(5-1)10-2-3-11-9(6-10)7-13-14-11/h1-4,6-8H,5H2,(H,13,14). The molecule has 0 aliphatic carbocycles. The lowest BCUT2D eigenvalue weighted by Gasteiger charge is -2.19. The molecule has 1 aliphatic heterocycles. The average molecular weight is 198 g/mol. The molecule has 1 N–H and O–H groups in total. The first-order valence-corrected chi connectivity index (χ1v) is 4.81. The van der Waals surface area contributed by atoms with E-state index in [0.29, 0.717) is 0 Å². The number of aromatic amines is 1. The summed E-state index contributed by atoms with van der Waals surface area (Å²) >= 11 is 0. The van der Waals surface area contributed by atoms with Gasteiger partial charge in [-0.15, -0.1) is 0 Å². The average Bonchev–Trinajstić information content (AvgIpc) is 2.77. The monoisotopic (exact) mass is 198 g/mol. The number of fused-ring (bicyclic) bond motifs is 1. The zero-order valence-electron chi connectivity index (χ0n) is 8.09. The van der Waals surface area contributed by atoms with E-state index in [2.05, 4.69) is 32.2 Å². The molecule has 1 aromatic heterocycles. The Hall–Kier alpha value is -2.10. The van der Waals surface area contributed by atoms with Gasteiger partial charge in [0.2, 0.25) is 0 Å². The molecular weight excluding hydrogens is 188 g/mol. The number of hydrogen-bond acceptors (Lipinski definition) is 3. The Morgan fingerprint density at radius 2 is 2.33 bits per heavy atom. The second-order valence-electron chi connectivity index (χ2n) is 3.44. The van der Waals surface area contributed by atoms with Gasteiger partial charge in [-0.3, -0.25) is 5.10 Å². The van der Waals surface area contributed by atoms with Crippen molar-refractivity contribution in [3.63, 3.8) is 0 Å². The molecular formula is C11H10N4. The van der Waals surface area contributed by atoms with Crippen molar-refractivity contribution in [3.8, 4) is 0 Å². The number of benzene rings is 1. The number of hydrogen-bond donors (Lipinski definition) is 1. The molecule has 15 heavy (non-hydrogen) atoms. The fourth-order valence-corrected chi connectivity index (χ4v) is 1.67. The van der Waals surface area contributed by atoms with Gasteiger partial charge in [0.05, 0.1) is 18.1 Å². The lowest BCUT2D eigenvalue weighted by Crippen LogP contribution is -2.22. The van der Waals surface area contributed by atoms with E-state index in [9.17, 15) is 0 Å². The molecule has 2 aromatic rings. The van der Waals surface area contributed by atoms with Gasteiger partial charge in [-0.25, -0.2) is 4.99 Å². The van der Waals surface area contributed by atoms with E-state index in [1.807, 2.05) is 30.9 Å². The summed E-state index contributed by atoms with van der Waals surface area (Å²) in [4.78, 5) is 6.19. The third-order valence-corrected chi connectivity index (χ3v) is 2.46. The summed E-state index contributed by atoms with van der Waals surface area (Å²) in [6.07, 6.45) is 7.50. The molecule has 0 unspecified atom stereocenters. The van der Waals surface area contributed by atoms with Crippen molar-refractivity contribution >= 4 is 22.9 Å². The highest BCUT2D eigenvalue weighted by atomic mass is 15.2. The predicted molar refractivity (Wildman–Crippen MR) is 61.1 cm³/mol. The molecule has 0 amide bonds. The van der Waals surface area contributed by atoms with Crippen LogP contribution in [0.3, 0.4) is 0 Å². The number of aliphatic imine (C=N–C) groups is 1. The van der Waals surface area contributed by atoms with Crippen LogP contribution in [0.5, 0.6) is 0 Å². The Kier molecular flexibility index (Phi) is 1.78. The highest BCUT2D eigenvalue weighted by molar-refractivity contribution is 5.88. The summed E-state index contributed by atoms with van der Waals surface area (Å²) in [6.45, 7) is 0.868. The molecule has 0 atom stereocenters. The van der Waals surface area contributed by atoms with Crippen LogP contribution in [0.15, 0.2) is 41.7 Å². The van der Waals surface area contributed by atoms with Gasteiger partial charge in [0.25, 0.3) is 0 Å². The lowest BCUT2D eigenvalue weighted by atomic mass is 10.2. The van der Waals surface area contributed by atoms with Gasteiger partial charge in [0.15, 0.2) is 0 Å². The second-order valence-corrected chi connectivity index (χ2v) is 3.44. The molecule has 3 rings (SSSR count). The molecule has 1 aromatic carbocycles. The summed E-state index contributed by atoms with van der Waals surface area (Å²) in [5.74, 6) is 0. The fraction of sp³-hybridized carbons (Fsp3) is 0.0909. The van der Waals surface area contributed by atoms with E-state index in [4.69, 9.17) is 0 Å². The predicted octanol–water partition coefficient (Wildman–Crippen LogP) is 1.92. The van der Waals surface area contributed by atoms with Gasteiger partial charge in [0.1, 0.15) is 0 Å². The molecule has 4 heteroatoms. The minimum Gasteiger partial charge on any atom is -0.329 e. The van der Waals surface area contributed by atoms with Crippen molar-refractivity contribution in [1.82, 2.24) is 10.2 Å². The van der Waals surface area contributed by atoms with E-state index < -0.39 is 0 Å². The van der Waals surface area contributed by atoms with Gasteiger partial charge in [0, 0.05) is 23.8 Å². The SMILES string of the molecule is C1=CN=CN(c2ccc3[nH]ncc3c2)C1. The van der Waals surface area contributed by atoms with Crippen LogP contribution in [0.1, 0.15) is 0 Å². The van der Waals surface area contributed by atoms with Crippen molar-refractivity contribution in [2.24, 2.45) is 4.99 Å². The molecule has 0 saturated heterocycles. The Labute approximate surface area is 86.9 Å². The van der Waals surface area contributed by atoms with Gasteiger partial charge in [-0.05, 0) is 24.3 Å². The minimum absolute atomic E-state index is 0.868. The molecule has 0 spiro atoms. The van der Waals surface area contributed by atoms with Crippen molar-refractivity contribution < 1.29 is 0 Å². The first kappa shape index (κ1) is 8.23. The molecule has 4 nitrogen and oxygen atoms in total. The van der Waals surface area contributed by atoms with Crippen LogP contribution in [0.4, 0.5) is 5.69 Å². The summed E-state index contributed by atoms with van der Waals surface area (Å²) in [7, 11) is 0. The normalized spacial score (nSPS) is 15.1. The van der Waals surface area contributed by atoms with Gasteiger partial charge < -0.3 is 4.90 Å². The highest BCUT2D eigenvalue weighted by Crippen LogP contribution is 2.20. The van der Waals surface area contributed by atoms with Crippen LogP contribution < -0.4 is 4.90 Å². The molecule has 0 saturated carbocycles. The molecule has 0 fully saturated rings. The molecule has 2 heterocycles. The second kappa shape index (κ2) is 3.24. The largest absolute Gasteiger partial charge is 0.329 e. The maximum atomic E-state index is 4.10. The summed E-state index contributed by atoms with van der Waals surface area (Å²) < 4.78 is 0. The maximum absolute atomic E-state index is 4.10. The van der Waals surface area contributed by atoms with Crippen molar-refractivity contribution in [2.45, 2.75) is 0 Å². The lowest BCUT2D eigenvalue weighted by molar-refractivity contribution is 1.12. The van der Waals surface area contributed by atoms with Crippen molar-refractivity contribution in [3.05, 3.63) is 36.7 Å². The number of anilines is 1.